The molecule has 1 unspecified atom stereocenters. The Morgan fingerprint density at radius 2 is 2.24 bits per heavy atom. The zero-order valence-corrected chi connectivity index (χ0v) is 13.0. The van der Waals surface area contributed by atoms with Crippen LogP contribution in [0.2, 0.25) is 0 Å². The smallest absolute Gasteiger partial charge is 0.0703 e. The normalized spacial score (nSPS) is 22.8. The zero-order valence-electron chi connectivity index (χ0n) is 12.2. The summed E-state index contributed by atoms with van der Waals surface area (Å²) in [5, 5.41) is 2.99. The lowest BCUT2D eigenvalue weighted by Gasteiger charge is -2.29. The molecular weight excluding hydrogens is 280 g/mol. The molecule has 0 aromatic carbocycles. The molecule has 0 spiro atoms. The van der Waals surface area contributed by atoms with E-state index in [1.165, 1.54) is 16.5 Å². The molecule has 3 aliphatic rings. The van der Waals surface area contributed by atoms with E-state index in [1.54, 1.807) is 5.57 Å². The summed E-state index contributed by atoms with van der Waals surface area (Å²) in [6, 6.07) is 0. The number of fused-ring (bicyclic) bond motifs is 4. The van der Waals surface area contributed by atoms with Gasteiger partial charge in [0.15, 0.2) is 0 Å². The van der Waals surface area contributed by atoms with Gasteiger partial charge in [0.1, 0.15) is 0 Å². The van der Waals surface area contributed by atoms with Gasteiger partial charge in [0.25, 0.3) is 0 Å². The van der Waals surface area contributed by atoms with E-state index in [1.807, 2.05) is 12.2 Å². The first-order valence-corrected chi connectivity index (χ1v) is 8.09. The number of allylic oxidation sites excluding steroid dienone is 4. The highest BCUT2D eigenvalue weighted by Gasteiger charge is 2.26. The number of anilines is 1. The minimum Gasteiger partial charge on any atom is -0.398 e. The maximum atomic E-state index is 6.52. The molecule has 0 saturated carbocycles. The second kappa shape index (κ2) is 4.74. The third-order valence-electron chi connectivity index (χ3n) is 4.91. The van der Waals surface area contributed by atoms with E-state index in [4.69, 9.17) is 22.3 Å². The largest absolute Gasteiger partial charge is 0.398 e. The van der Waals surface area contributed by atoms with E-state index >= 15 is 0 Å². The van der Waals surface area contributed by atoms with Crippen molar-refractivity contribution in [2.24, 2.45) is 5.92 Å². The molecular formula is C18H19ClN2. The first-order valence-electron chi connectivity index (χ1n) is 7.72. The first kappa shape index (κ1) is 13.1. The first-order chi connectivity index (χ1) is 10.2. The average molecular weight is 299 g/mol. The van der Waals surface area contributed by atoms with Gasteiger partial charge in [-0.2, -0.15) is 0 Å². The third-order valence-corrected chi connectivity index (χ3v) is 5.17. The van der Waals surface area contributed by atoms with Crippen LogP contribution in [0.5, 0.6) is 0 Å². The van der Waals surface area contributed by atoms with Crippen molar-refractivity contribution in [2.75, 3.05) is 5.73 Å². The molecule has 1 aromatic heterocycles. The van der Waals surface area contributed by atoms with Crippen molar-refractivity contribution in [3.63, 3.8) is 0 Å². The summed E-state index contributed by atoms with van der Waals surface area (Å²) >= 11 is 6.12. The quantitative estimate of drug-likeness (QED) is 0.809. The summed E-state index contributed by atoms with van der Waals surface area (Å²) in [7, 11) is 0. The molecule has 2 nitrogen and oxygen atoms in total. The minimum atomic E-state index is 0.607. The molecule has 4 rings (SSSR count). The van der Waals surface area contributed by atoms with E-state index in [-0.39, 0.29) is 0 Å². The number of nitrogens with zero attached hydrogens (tertiary/aromatic N) is 1. The summed E-state index contributed by atoms with van der Waals surface area (Å²) in [4.78, 5) is 4.89. The average Bonchev–Trinajstić information content (AvgIpc) is 2.46. The van der Waals surface area contributed by atoms with Crippen LogP contribution in [-0.2, 0) is 12.8 Å². The van der Waals surface area contributed by atoms with E-state index in [2.05, 4.69) is 13.0 Å². The second-order valence-corrected chi connectivity index (χ2v) is 6.71. The molecule has 1 aromatic rings. The second-order valence-electron chi connectivity index (χ2n) is 6.28. The standard InChI is InChI=1S/C18H19ClN2/c1-2-10-5-11-7-12(6-10)17-16(8-11)21-15-9-13(19)3-4-14(15)18(17)20/h3,5,9,11H,2,4,6-8,20H2,1H3. The van der Waals surface area contributed by atoms with Crippen LogP contribution in [0.1, 0.15) is 37.4 Å². The van der Waals surface area contributed by atoms with Crippen LogP contribution in [0.4, 0.5) is 5.69 Å². The third kappa shape index (κ3) is 2.04. The molecule has 108 valence electrons. The van der Waals surface area contributed by atoms with Crippen molar-refractivity contribution < 1.29 is 0 Å². The number of pyridine rings is 1. The van der Waals surface area contributed by atoms with Crippen molar-refractivity contribution in [3.05, 3.63) is 44.6 Å². The maximum Gasteiger partial charge on any atom is 0.0703 e. The molecule has 1 atom stereocenters. The lowest BCUT2D eigenvalue weighted by atomic mass is 9.77. The fraction of sp³-hybridized carbons (Fsp3) is 0.389. The predicted octanol–water partition coefficient (Wildman–Crippen LogP) is 2.58. The molecule has 0 fully saturated rings. The van der Waals surface area contributed by atoms with Crippen molar-refractivity contribution >= 4 is 28.9 Å². The fourth-order valence-corrected chi connectivity index (χ4v) is 4.09. The van der Waals surface area contributed by atoms with Gasteiger partial charge in [-0.3, -0.25) is 4.98 Å². The van der Waals surface area contributed by atoms with Gasteiger partial charge in [-0.15, -0.1) is 0 Å². The summed E-state index contributed by atoms with van der Waals surface area (Å²) in [5.74, 6) is 0.607. The molecule has 2 bridgehead atoms. The van der Waals surface area contributed by atoms with Crippen LogP contribution < -0.4 is 16.3 Å². The molecule has 1 heterocycles. The van der Waals surface area contributed by atoms with Gasteiger partial charge in [0.2, 0.25) is 0 Å². The number of hydrogen-bond acceptors (Lipinski definition) is 2. The van der Waals surface area contributed by atoms with Gasteiger partial charge < -0.3 is 5.73 Å². The van der Waals surface area contributed by atoms with Gasteiger partial charge >= 0.3 is 0 Å². The van der Waals surface area contributed by atoms with E-state index in [0.717, 1.165) is 53.7 Å². The van der Waals surface area contributed by atoms with Crippen molar-refractivity contribution in [2.45, 2.75) is 39.0 Å². The number of hydrogen-bond donors (Lipinski definition) is 1. The Labute approximate surface area is 129 Å². The lowest BCUT2D eigenvalue weighted by Crippen LogP contribution is -2.36. The highest BCUT2D eigenvalue weighted by molar-refractivity contribution is 6.34. The predicted molar refractivity (Wildman–Crippen MR) is 88.2 cm³/mol. The van der Waals surface area contributed by atoms with E-state index in [9.17, 15) is 0 Å². The minimum absolute atomic E-state index is 0.607. The van der Waals surface area contributed by atoms with Crippen LogP contribution in [-0.4, -0.2) is 4.98 Å². The van der Waals surface area contributed by atoms with Crippen LogP contribution in [0, 0.1) is 5.92 Å². The number of aromatic nitrogens is 1. The molecule has 0 saturated heterocycles. The van der Waals surface area contributed by atoms with Gasteiger partial charge in [-0.25, -0.2) is 0 Å². The SMILES string of the molecule is CCC1=CC2CC(=c3c(nc4c(c3N)CC=C(Cl)C=4)C2)C1. The Morgan fingerprint density at radius 1 is 1.38 bits per heavy atom. The highest BCUT2D eigenvalue weighted by Crippen LogP contribution is 2.34. The summed E-state index contributed by atoms with van der Waals surface area (Å²) in [6.45, 7) is 2.24. The number of nitrogen functional groups attached to an aromatic ring is 1. The molecule has 3 heteroatoms. The Hall–Kier alpha value is -1.54. The van der Waals surface area contributed by atoms with Crippen LogP contribution in [0.25, 0.3) is 11.6 Å². The Morgan fingerprint density at radius 3 is 3.05 bits per heavy atom. The van der Waals surface area contributed by atoms with E-state index in [0.29, 0.717) is 5.92 Å². The maximum absolute atomic E-state index is 6.52. The van der Waals surface area contributed by atoms with Gasteiger partial charge in [-0.1, -0.05) is 41.8 Å². The Kier molecular flexibility index (Phi) is 2.97. The van der Waals surface area contributed by atoms with E-state index < -0.39 is 0 Å². The van der Waals surface area contributed by atoms with Gasteiger partial charge in [-0.05, 0) is 44.1 Å². The number of rotatable bonds is 1. The monoisotopic (exact) mass is 298 g/mol. The molecule has 0 aliphatic heterocycles. The fourth-order valence-electron chi connectivity index (χ4n) is 3.90. The van der Waals surface area contributed by atoms with Crippen molar-refractivity contribution in [3.8, 4) is 0 Å². The highest BCUT2D eigenvalue weighted by atomic mass is 35.5. The number of nitrogens with two attached hydrogens (primary N) is 1. The molecule has 0 radical (unpaired) electrons. The molecule has 3 aliphatic carbocycles. The van der Waals surface area contributed by atoms with Crippen molar-refractivity contribution in [1.82, 2.24) is 4.98 Å². The van der Waals surface area contributed by atoms with Crippen LogP contribution >= 0.6 is 11.6 Å². The van der Waals surface area contributed by atoms with Crippen LogP contribution in [0.3, 0.4) is 0 Å². The van der Waals surface area contributed by atoms with Gasteiger partial charge in [0.05, 0.1) is 11.0 Å². The summed E-state index contributed by atoms with van der Waals surface area (Å²) in [6.07, 6.45) is 11.6. The number of halogens is 1. The Bertz CT molecular complexity index is 815. The molecule has 2 N–H and O–H groups in total. The molecule has 0 amide bonds. The lowest BCUT2D eigenvalue weighted by molar-refractivity contribution is 0.598. The van der Waals surface area contributed by atoms with Crippen LogP contribution in [0.15, 0.2) is 22.8 Å². The summed E-state index contributed by atoms with van der Waals surface area (Å²) in [5.41, 5.74) is 12.8. The Balaban J connectivity index is 1.99. The summed E-state index contributed by atoms with van der Waals surface area (Å²) < 4.78 is 0. The zero-order chi connectivity index (χ0) is 14.6. The molecule has 21 heavy (non-hydrogen) atoms. The van der Waals surface area contributed by atoms with Crippen molar-refractivity contribution in [1.29, 1.82) is 0 Å². The topological polar surface area (TPSA) is 38.9 Å². The van der Waals surface area contributed by atoms with Gasteiger partial charge in [0, 0.05) is 21.5 Å².